The van der Waals surface area contributed by atoms with Crippen molar-refractivity contribution in [3.63, 3.8) is 0 Å². The molecule has 0 aliphatic carbocycles. The van der Waals surface area contributed by atoms with Gasteiger partial charge >= 0.3 is 4.20 Å². The van der Waals surface area contributed by atoms with Crippen molar-refractivity contribution < 1.29 is 10.0 Å². The Labute approximate surface area is 78.6 Å². The Bertz CT molecular complexity index is 243. The van der Waals surface area contributed by atoms with Crippen LogP contribution in [0, 0.1) is 10.1 Å². The third-order valence-corrected chi connectivity index (χ3v) is 4.49. The van der Waals surface area contributed by atoms with Gasteiger partial charge in [-0.25, -0.2) is 0 Å². The van der Waals surface area contributed by atoms with E-state index < -0.39 is 15.2 Å². The molecule has 0 radical (unpaired) electrons. The molecule has 1 aliphatic rings. The molecule has 0 amide bonds. The number of aliphatic hydroxyl groups excluding tert-OH is 1. The van der Waals surface area contributed by atoms with Crippen LogP contribution in [-0.2, 0) is 0 Å². The molecule has 1 N–H and O–H groups in total. The summed E-state index contributed by atoms with van der Waals surface area (Å²) in [6.07, 6.45) is 2.16. The molecule has 4 nitrogen and oxygen atoms in total. The maximum absolute atomic E-state index is 10.7. The normalized spacial score (nSPS) is 34.9. The topological polar surface area (TPSA) is 63.4 Å². The predicted molar refractivity (Wildman–Crippen MR) is 50.6 cm³/mol. The fraction of sp³-hybridized carbons (Fsp3) is 0.667. The average Bonchev–Trinajstić information content (AvgIpc) is 2.26. The highest BCUT2D eigenvalue weighted by Crippen LogP contribution is 2.48. The van der Waals surface area contributed by atoms with Crippen LogP contribution >= 0.6 is 23.5 Å². The average molecular weight is 207 g/mol. The smallest absolute Gasteiger partial charge is 0.345 e. The van der Waals surface area contributed by atoms with E-state index in [1.807, 2.05) is 0 Å². The number of nitro groups is 1. The second-order valence-electron chi connectivity index (χ2n) is 2.42. The van der Waals surface area contributed by atoms with Gasteiger partial charge in [-0.2, -0.15) is 0 Å². The van der Waals surface area contributed by atoms with Crippen LogP contribution in [0.3, 0.4) is 0 Å². The zero-order valence-corrected chi connectivity index (χ0v) is 8.32. The van der Waals surface area contributed by atoms with E-state index in [0.29, 0.717) is 0 Å². The third kappa shape index (κ3) is 1.34. The summed E-state index contributed by atoms with van der Waals surface area (Å²) in [5, 5.41) is 20.1. The van der Waals surface area contributed by atoms with Crippen molar-refractivity contribution in [3.05, 3.63) is 21.1 Å². The highest BCUT2D eigenvalue weighted by atomic mass is 32.2. The van der Waals surface area contributed by atoms with Crippen molar-refractivity contribution in [1.29, 1.82) is 0 Å². The molecule has 1 aliphatic heterocycles. The Morgan fingerprint density at radius 2 is 2.50 bits per heavy atom. The predicted octanol–water partition coefficient (Wildman–Crippen LogP) is 1.29. The van der Waals surface area contributed by atoms with Gasteiger partial charge in [0.05, 0.1) is 4.92 Å². The number of hydrogen-bond acceptors (Lipinski definition) is 5. The van der Waals surface area contributed by atoms with Gasteiger partial charge in [-0.15, -0.1) is 0 Å². The molecule has 2 atom stereocenters. The van der Waals surface area contributed by atoms with Gasteiger partial charge in [0, 0.05) is 0 Å². The molecule has 6 heteroatoms. The Kier molecular flexibility index (Phi) is 2.70. The van der Waals surface area contributed by atoms with Gasteiger partial charge in [-0.05, 0) is 35.9 Å². The summed E-state index contributed by atoms with van der Waals surface area (Å²) in [4.78, 5) is 11.1. The van der Waals surface area contributed by atoms with E-state index in [1.165, 1.54) is 6.08 Å². The lowest BCUT2D eigenvalue weighted by Gasteiger charge is -2.19. The van der Waals surface area contributed by atoms with Crippen molar-refractivity contribution in [2.24, 2.45) is 0 Å². The SMILES string of the molecule is CSC1([N+](=O)[O-])SC(C)=CC1O. The van der Waals surface area contributed by atoms with Gasteiger partial charge in [0.2, 0.25) is 0 Å². The number of nitrogens with zero attached hydrogens (tertiary/aromatic N) is 1. The van der Waals surface area contributed by atoms with Crippen LogP contribution in [-0.4, -0.2) is 26.6 Å². The summed E-state index contributed by atoms with van der Waals surface area (Å²) in [6.45, 7) is 1.76. The minimum absolute atomic E-state index is 0.431. The zero-order chi connectivity index (χ0) is 9.35. The molecule has 0 aromatic rings. The van der Waals surface area contributed by atoms with E-state index in [0.717, 1.165) is 28.4 Å². The molecule has 0 fully saturated rings. The van der Waals surface area contributed by atoms with Crippen LogP contribution in [0.25, 0.3) is 0 Å². The molecule has 12 heavy (non-hydrogen) atoms. The molecule has 0 aromatic carbocycles. The Balaban J connectivity index is 2.92. The number of allylic oxidation sites excluding steroid dienone is 1. The second-order valence-corrected chi connectivity index (χ2v) is 5.18. The lowest BCUT2D eigenvalue weighted by atomic mass is 10.3. The molecule has 0 saturated heterocycles. The Morgan fingerprint density at radius 1 is 1.92 bits per heavy atom. The molecular formula is C6H9NO3S2. The van der Waals surface area contributed by atoms with E-state index in [9.17, 15) is 15.2 Å². The number of thioether (sulfide) groups is 2. The molecule has 0 saturated carbocycles. The third-order valence-electron chi connectivity index (χ3n) is 1.62. The molecular weight excluding hydrogens is 198 g/mol. The van der Waals surface area contributed by atoms with Gasteiger partial charge in [0.1, 0.15) is 0 Å². The minimum atomic E-state index is -1.32. The number of aliphatic hydroxyl groups is 1. The van der Waals surface area contributed by atoms with Crippen molar-refractivity contribution in [3.8, 4) is 0 Å². The molecule has 2 unspecified atom stereocenters. The number of rotatable bonds is 2. The molecule has 0 aromatic heterocycles. The van der Waals surface area contributed by atoms with Gasteiger partial charge in [-0.3, -0.25) is 10.1 Å². The van der Waals surface area contributed by atoms with Crippen molar-refractivity contribution in [1.82, 2.24) is 0 Å². The van der Waals surface area contributed by atoms with E-state index >= 15 is 0 Å². The van der Waals surface area contributed by atoms with Gasteiger partial charge in [0.25, 0.3) is 0 Å². The van der Waals surface area contributed by atoms with Gasteiger partial charge < -0.3 is 5.11 Å². The van der Waals surface area contributed by atoms with Crippen LogP contribution in [0.4, 0.5) is 0 Å². The fourth-order valence-electron chi connectivity index (χ4n) is 1.03. The van der Waals surface area contributed by atoms with Crippen molar-refractivity contribution in [2.75, 3.05) is 6.26 Å². The van der Waals surface area contributed by atoms with E-state index in [2.05, 4.69) is 0 Å². The van der Waals surface area contributed by atoms with Crippen molar-refractivity contribution in [2.45, 2.75) is 17.2 Å². The largest absolute Gasteiger partial charge is 0.380 e. The highest BCUT2D eigenvalue weighted by molar-refractivity contribution is 8.19. The molecule has 68 valence electrons. The molecule has 1 rings (SSSR count). The van der Waals surface area contributed by atoms with E-state index in [-0.39, 0.29) is 0 Å². The lowest BCUT2D eigenvalue weighted by Crippen LogP contribution is -2.39. The Hall–Kier alpha value is -0.200. The Morgan fingerprint density at radius 3 is 2.67 bits per heavy atom. The number of hydrogen-bond donors (Lipinski definition) is 1. The summed E-state index contributed by atoms with van der Waals surface area (Å²) >= 11 is 2.17. The highest BCUT2D eigenvalue weighted by Gasteiger charge is 2.53. The summed E-state index contributed by atoms with van der Waals surface area (Å²) in [5.74, 6) is 0. The van der Waals surface area contributed by atoms with Gasteiger partial charge in [0.15, 0.2) is 6.10 Å². The van der Waals surface area contributed by atoms with Gasteiger partial charge in [-0.1, -0.05) is 11.8 Å². The van der Waals surface area contributed by atoms with Crippen LogP contribution < -0.4 is 0 Å². The lowest BCUT2D eigenvalue weighted by molar-refractivity contribution is -0.517. The summed E-state index contributed by atoms with van der Waals surface area (Å²) in [6, 6.07) is 0. The maximum atomic E-state index is 10.7. The fourth-order valence-corrected chi connectivity index (χ4v) is 3.14. The zero-order valence-electron chi connectivity index (χ0n) is 6.68. The first-order chi connectivity index (χ1) is 5.53. The first-order valence-corrected chi connectivity index (χ1v) is 5.32. The van der Waals surface area contributed by atoms with E-state index in [1.54, 1.807) is 13.2 Å². The molecule has 0 bridgehead atoms. The monoisotopic (exact) mass is 207 g/mol. The standard InChI is InChI=1S/C6H9NO3S2/c1-4-3-5(8)6(11-2,12-4)7(9)10/h3,5,8H,1-2H3. The summed E-state index contributed by atoms with van der Waals surface area (Å²) < 4.78 is -1.32. The molecule has 0 spiro atoms. The van der Waals surface area contributed by atoms with Crippen LogP contribution in [0.15, 0.2) is 11.0 Å². The quantitative estimate of drug-likeness (QED) is 0.420. The summed E-state index contributed by atoms with van der Waals surface area (Å²) in [5.41, 5.74) is 0. The van der Waals surface area contributed by atoms with Crippen LogP contribution in [0.5, 0.6) is 0 Å². The second kappa shape index (κ2) is 3.27. The maximum Gasteiger partial charge on any atom is 0.345 e. The van der Waals surface area contributed by atoms with E-state index in [4.69, 9.17) is 0 Å². The van der Waals surface area contributed by atoms with Crippen LogP contribution in [0.2, 0.25) is 0 Å². The molecule has 1 heterocycles. The minimum Gasteiger partial charge on any atom is -0.380 e. The van der Waals surface area contributed by atoms with Crippen LogP contribution in [0.1, 0.15) is 6.92 Å². The first kappa shape index (κ1) is 9.88. The first-order valence-electron chi connectivity index (χ1n) is 3.28. The van der Waals surface area contributed by atoms with Crippen molar-refractivity contribution >= 4 is 23.5 Å². The summed E-state index contributed by atoms with van der Waals surface area (Å²) in [7, 11) is 0.